The molecule has 0 aliphatic carbocycles. The summed E-state index contributed by atoms with van der Waals surface area (Å²) in [4.78, 5) is 12.6. The summed E-state index contributed by atoms with van der Waals surface area (Å²) < 4.78 is 5.95. The van der Waals surface area contributed by atoms with E-state index in [0.29, 0.717) is 6.54 Å². The largest absolute Gasteiger partial charge is 0.438 e. The van der Waals surface area contributed by atoms with Crippen LogP contribution in [-0.4, -0.2) is 62.9 Å². The molecule has 0 aromatic rings. The number of nitrogens with zero attached hydrogens (tertiary/aromatic N) is 2. The van der Waals surface area contributed by atoms with Crippen LogP contribution in [0, 0.1) is 0 Å². The Hall–Kier alpha value is -0.770. The topological polar surface area (TPSA) is 29.5 Å². The van der Waals surface area contributed by atoms with E-state index in [0.717, 1.165) is 11.0 Å². The minimum absolute atomic E-state index is 0.0579. The monoisotopic (exact) mass is 173 g/mol. The standard InChI is InChI=1S/C8H17N2O2/c1-9-5-7(12-8(9)11)6-10(2,3)4/h7H,5-6H2,1-4H3/q+1/t7-/m1/s1. The highest BCUT2D eigenvalue weighted by molar-refractivity contribution is 5.69. The first-order valence-electron chi connectivity index (χ1n) is 4.11. The Kier molecular flexibility index (Phi) is 2.28. The van der Waals surface area contributed by atoms with Gasteiger partial charge < -0.3 is 14.1 Å². The van der Waals surface area contributed by atoms with Gasteiger partial charge in [-0.2, -0.15) is 0 Å². The molecule has 1 aliphatic heterocycles. The van der Waals surface area contributed by atoms with Crippen LogP contribution in [0.1, 0.15) is 0 Å². The summed E-state index contributed by atoms with van der Waals surface area (Å²) in [6.45, 7) is 1.59. The van der Waals surface area contributed by atoms with E-state index < -0.39 is 0 Å². The molecule has 1 heterocycles. The minimum Gasteiger partial charge on any atom is -0.438 e. The van der Waals surface area contributed by atoms with Gasteiger partial charge in [0.1, 0.15) is 6.54 Å². The number of cyclic esters (lactones) is 1. The number of carbonyl (C=O) groups excluding carboxylic acids is 1. The molecular weight excluding hydrogens is 156 g/mol. The average molecular weight is 173 g/mol. The lowest BCUT2D eigenvalue weighted by Gasteiger charge is -2.25. The smallest absolute Gasteiger partial charge is 0.410 e. The number of hydrogen-bond acceptors (Lipinski definition) is 2. The van der Waals surface area contributed by atoms with E-state index >= 15 is 0 Å². The van der Waals surface area contributed by atoms with Gasteiger partial charge in [-0.25, -0.2) is 4.79 Å². The van der Waals surface area contributed by atoms with Crippen LogP contribution in [0.3, 0.4) is 0 Å². The third-order valence-electron chi connectivity index (χ3n) is 1.81. The van der Waals surface area contributed by atoms with E-state index in [1.807, 2.05) is 0 Å². The predicted molar refractivity (Wildman–Crippen MR) is 45.8 cm³/mol. The maximum Gasteiger partial charge on any atom is 0.410 e. The summed E-state index contributed by atoms with van der Waals surface area (Å²) in [6, 6.07) is 0. The van der Waals surface area contributed by atoms with Crippen LogP contribution in [0.2, 0.25) is 0 Å². The predicted octanol–water partition coefficient (Wildman–Crippen LogP) is 0.143. The van der Waals surface area contributed by atoms with E-state index in [2.05, 4.69) is 21.1 Å². The zero-order valence-electron chi connectivity index (χ0n) is 8.20. The molecule has 0 spiro atoms. The van der Waals surface area contributed by atoms with Gasteiger partial charge in [-0.15, -0.1) is 0 Å². The zero-order chi connectivity index (χ0) is 9.35. The van der Waals surface area contributed by atoms with Crippen molar-refractivity contribution < 1.29 is 14.0 Å². The molecule has 4 nitrogen and oxygen atoms in total. The summed E-state index contributed by atoms with van der Waals surface area (Å²) in [5.74, 6) is 0. The Balaban J connectivity index is 2.43. The van der Waals surface area contributed by atoms with E-state index in [4.69, 9.17) is 4.74 Å². The Labute approximate surface area is 73.3 Å². The molecule has 1 amide bonds. The molecule has 0 aromatic carbocycles. The molecule has 1 rings (SSSR count). The van der Waals surface area contributed by atoms with Crippen molar-refractivity contribution in [1.29, 1.82) is 0 Å². The Bertz CT molecular complexity index is 186. The lowest BCUT2D eigenvalue weighted by Crippen LogP contribution is -2.42. The number of carbonyl (C=O) groups is 1. The third-order valence-corrected chi connectivity index (χ3v) is 1.81. The molecule has 0 aromatic heterocycles. The van der Waals surface area contributed by atoms with Gasteiger partial charge in [0.15, 0.2) is 6.10 Å². The Morgan fingerprint density at radius 2 is 2.17 bits per heavy atom. The highest BCUT2D eigenvalue weighted by atomic mass is 16.6. The molecule has 0 bridgehead atoms. The second-order valence-corrected chi connectivity index (χ2v) is 4.36. The first kappa shape index (κ1) is 9.32. The number of quaternary nitrogens is 1. The molecule has 1 saturated heterocycles. The fourth-order valence-electron chi connectivity index (χ4n) is 1.36. The van der Waals surface area contributed by atoms with Crippen LogP contribution in [-0.2, 0) is 4.74 Å². The Morgan fingerprint density at radius 1 is 1.58 bits per heavy atom. The van der Waals surface area contributed by atoms with Crippen molar-refractivity contribution in [2.45, 2.75) is 6.10 Å². The SMILES string of the molecule is CN1C[C@H](C[N+](C)(C)C)OC1=O. The van der Waals surface area contributed by atoms with Crippen molar-refractivity contribution in [3.63, 3.8) is 0 Å². The molecule has 70 valence electrons. The lowest BCUT2D eigenvalue weighted by atomic mass is 10.3. The minimum atomic E-state index is -0.201. The maximum atomic E-state index is 11.0. The van der Waals surface area contributed by atoms with Crippen LogP contribution < -0.4 is 0 Å². The van der Waals surface area contributed by atoms with E-state index in [9.17, 15) is 4.79 Å². The summed E-state index contributed by atoms with van der Waals surface area (Å²) in [7, 11) is 8.03. The molecule has 1 fully saturated rings. The van der Waals surface area contributed by atoms with Crippen molar-refractivity contribution in [2.75, 3.05) is 41.3 Å². The van der Waals surface area contributed by atoms with Crippen molar-refractivity contribution in [3.05, 3.63) is 0 Å². The highest BCUT2D eigenvalue weighted by Gasteiger charge is 2.31. The van der Waals surface area contributed by atoms with E-state index in [-0.39, 0.29) is 12.2 Å². The van der Waals surface area contributed by atoms with Crippen molar-refractivity contribution in [1.82, 2.24) is 4.90 Å². The number of hydrogen-bond donors (Lipinski definition) is 0. The fourth-order valence-corrected chi connectivity index (χ4v) is 1.36. The molecule has 12 heavy (non-hydrogen) atoms. The van der Waals surface area contributed by atoms with Gasteiger partial charge in [0.25, 0.3) is 0 Å². The highest BCUT2D eigenvalue weighted by Crippen LogP contribution is 2.10. The molecule has 4 heteroatoms. The molecule has 0 saturated carbocycles. The Morgan fingerprint density at radius 3 is 2.50 bits per heavy atom. The summed E-state index contributed by atoms with van der Waals surface area (Å²) in [5.41, 5.74) is 0. The van der Waals surface area contributed by atoms with Gasteiger partial charge in [0.2, 0.25) is 0 Å². The normalized spacial score (nSPS) is 24.5. The molecular formula is C8H17N2O2+. The molecule has 0 unspecified atom stereocenters. The molecule has 1 aliphatic rings. The van der Waals surface area contributed by atoms with Gasteiger partial charge in [0.05, 0.1) is 27.7 Å². The van der Waals surface area contributed by atoms with Crippen LogP contribution in [0.25, 0.3) is 0 Å². The summed E-state index contributed by atoms with van der Waals surface area (Å²) in [5, 5.41) is 0. The van der Waals surface area contributed by atoms with Crippen LogP contribution in [0.5, 0.6) is 0 Å². The van der Waals surface area contributed by atoms with Gasteiger partial charge in [0, 0.05) is 7.05 Å². The lowest BCUT2D eigenvalue weighted by molar-refractivity contribution is -0.873. The van der Waals surface area contributed by atoms with Gasteiger partial charge >= 0.3 is 6.09 Å². The zero-order valence-corrected chi connectivity index (χ0v) is 8.20. The third kappa shape index (κ3) is 2.37. The fraction of sp³-hybridized carbons (Fsp3) is 0.875. The number of likely N-dealkylation sites (N-methyl/N-ethyl adjacent to an activating group) is 2. The van der Waals surface area contributed by atoms with E-state index in [1.165, 1.54) is 0 Å². The summed E-state index contributed by atoms with van der Waals surface area (Å²) >= 11 is 0. The van der Waals surface area contributed by atoms with Crippen LogP contribution in [0.4, 0.5) is 4.79 Å². The van der Waals surface area contributed by atoms with Crippen molar-refractivity contribution in [3.8, 4) is 0 Å². The number of ether oxygens (including phenoxy) is 1. The number of amides is 1. The molecule has 0 N–H and O–H groups in total. The van der Waals surface area contributed by atoms with Crippen LogP contribution in [0.15, 0.2) is 0 Å². The number of rotatable bonds is 2. The molecule has 1 atom stereocenters. The second kappa shape index (κ2) is 2.94. The first-order chi connectivity index (χ1) is 5.38. The van der Waals surface area contributed by atoms with Crippen LogP contribution >= 0.6 is 0 Å². The van der Waals surface area contributed by atoms with E-state index in [1.54, 1.807) is 11.9 Å². The van der Waals surface area contributed by atoms with Crippen molar-refractivity contribution in [2.24, 2.45) is 0 Å². The van der Waals surface area contributed by atoms with Gasteiger partial charge in [-0.3, -0.25) is 0 Å². The first-order valence-corrected chi connectivity index (χ1v) is 4.11. The van der Waals surface area contributed by atoms with Crippen molar-refractivity contribution >= 4 is 6.09 Å². The summed E-state index contributed by atoms with van der Waals surface area (Å²) in [6.07, 6.45) is -0.143. The maximum absolute atomic E-state index is 11.0. The quantitative estimate of drug-likeness (QED) is 0.556. The molecule has 0 radical (unpaired) electrons. The van der Waals surface area contributed by atoms with Gasteiger partial charge in [-0.1, -0.05) is 0 Å². The average Bonchev–Trinajstić information content (AvgIpc) is 2.07. The second-order valence-electron chi connectivity index (χ2n) is 4.36. The van der Waals surface area contributed by atoms with Gasteiger partial charge in [-0.05, 0) is 0 Å².